The van der Waals surface area contributed by atoms with E-state index in [1.165, 1.54) is 13.2 Å². The zero-order valence-corrected chi connectivity index (χ0v) is 9.60. The second kappa shape index (κ2) is 4.28. The fourth-order valence-electron chi connectivity index (χ4n) is 1.58. The molecule has 0 radical (unpaired) electrons. The number of aromatic hydroxyl groups is 1. The van der Waals surface area contributed by atoms with Crippen LogP contribution in [0.15, 0.2) is 18.3 Å². The predicted molar refractivity (Wildman–Crippen MR) is 57.8 cm³/mol. The van der Waals surface area contributed by atoms with Crippen molar-refractivity contribution in [1.29, 1.82) is 5.26 Å². The van der Waals surface area contributed by atoms with Crippen LogP contribution < -0.4 is 0 Å². The number of aromatic nitrogens is 3. The van der Waals surface area contributed by atoms with Crippen LogP contribution in [-0.2, 0) is 13.2 Å². The summed E-state index contributed by atoms with van der Waals surface area (Å²) in [6, 6.07) is 3.34. The quantitative estimate of drug-likeness (QED) is 0.859. The predicted octanol–water partition coefficient (Wildman–Crippen LogP) is 2.08. The minimum Gasteiger partial charge on any atom is -0.507 e. The smallest absolute Gasteiger partial charge is 0.420 e. The molecule has 1 aromatic carbocycles. The standard InChI is InChI=1S/C11H7F3N4O/c1-18-16-5-9(17-18)7-2-6(4-15)3-8(10(7)19)11(12,13)14/h2-3,5,19H,1H3. The number of halogens is 3. The Hall–Kier alpha value is -2.56. The van der Waals surface area contributed by atoms with E-state index in [-0.39, 0.29) is 16.8 Å². The van der Waals surface area contributed by atoms with E-state index in [1.807, 2.05) is 0 Å². The summed E-state index contributed by atoms with van der Waals surface area (Å²) >= 11 is 0. The molecule has 0 aliphatic carbocycles. The summed E-state index contributed by atoms with van der Waals surface area (Å²) in [5.41, 5.74) is -1.61. The molecule has 0 saturated carbocycles. The molecule has 0 spiro atoms. The van der Waals surface area contributed by atoms with Gasteiger partial charge in [0.1, 0.15) is 11.4 Å². The molecule has 0 unspecified atom stereocenters. The fraction of sp³-hybridized carbons (Fsp3) is 0.182. The van der Waals surface area contributed by atoms with Crippen LogP contribution in [0.1, 0.15) is 11.1 Å². The van der Waals surface area contributed by atoms with Crippen LogP contribution in [0.25, 0.3) is 11.3 Å². The van der Waals surface area contributed by atoms with E-state index >= 15 is 0 Å². The molecule has 8 heteroatoms. The normalized spacial score (nSPS) is 11.3. The second-order valence-electron chi connectivity index (χ2n) is 3.75. The first-order valence-corrected chi connectivity index (χ1v) is 5.04. The molecule has 0 amide bonds. The van der Waals surface area contributed by atoms with Crippen LogP contribution in [0, 0.1) is 11.3 Å². The summed E-state index contributed by atoms with van der Waals surface area (Å²) < 4.78 is 38.3. The van der Waals surface area contributed by atoms with E-state index in [4.69, 9.17) is 5.26 Å². The molecule has 0 aliphatic heterocycles. The zero-order valence-electron chi connectivity index (χ0n) is 9.60. The van der Waals surface area contributed by atoms with Crippen LogP contribution in [0.2, 0.25) is 0 Å². The van der Waals surface area contributed by atoms with E-state index in [0.717, 1.165) is 10.9 Å². The molecule has 19 heavy (non-hydrogen) atoms. The van der Waals surface area contributed by atoms with E-state index in [1.54, 1.807) is 6.07 Å². The first-order chi connectivity index (χ1) is 8.82. The van der Waals surface area contributed by atoms with Gasteiger partial charge in [0.25, 0.3) is 0 Å². The van der Waals surface area contributed by atoms with Gasteiger partial charge in [-0.15, -0.1) is 0 Å². The number of nitriles is 1. The van der Waals surface area contributed by atoms with Gasteiger partial charge >= 0.3 is 6.18 Å². The Morgan fingerprint density at radius 3 is 2.53 bits per heavy atom. The summed E-state index contributed by atoms with van der Waals surface area (Å²) in [6.07, 6.45) is -3.55. The lowest BCUT2D eigenvalue weighted by molar-refractivity contribution is -0.138. The van der Waals surface area contributed by atoms with Crippen molar-refractivity contribution in [2.45, 2.75) is 6.18 Å². The largest absolute Gasteiger partial charge is 0.507 e. The molecule has 0 atom stereocenters. The molecule has 1 aromatic heterocycles. The summed E-state index contributed by atoms with van der Waals surface area (Å²) in [6.45, 7) is 0. The topological polar surface area (TPSA) is 74.7 Å². The van der Waals surface area contributed by atoms with Crippen molar-refractivity contribution in [2.75, 3.05) is 0 Å². The Morgan fingerprint density at radius 2 is 2.05 bits per heavy atom. The lowest BCUT2D eigenvalue weighted by atomic mass is 10.0. The Bertz CT molecular complexity index is 670. The van der Waals surface area contributed by atoms with Crippen LogP contribution >= 0.6 is 0 Å². The summed E-state index contributed by atoms with van der Waals surface area (Å²) in [5.74, 6) is -0.966. The molecule has 1 heterocycles. The number of rotatable bonds is 1. The van der Waals surface area contributed by atoms with E-state index in [9.17, 15) is 18.3 Å². The number of benzene rings is 1. The third-order valence-corrected chi connectivity index (χ3v) is 2.42. The fourth-order valence-corrected chi connectivity index (χ4v) is 1.58. The maximum atomic E-state index is 12.8. The SMILES string of the molecule is Cn1ncc(-c2cc(C#N)cc(C(F)(F)F)c2O)n1. The first kappa shape index (κ1) is 12.9. The van der Waals surface area contributed by atoms with Gasteiger partial charge in [-0.1, -0.05) is 0 Å². The van der Waals surface area contributed by atoms with Crippen LogP contribution in [0.4, 0.5) is 13.2 Å². The van der Waals surface area contributed by atoms with Gasteiger partial charge in [-0.25, -0.2) is 0 Å². The average Bonchev–Trinajstić information content (AvgIpc) is 2.74. The maximum Gasteiger partial charge on any atom is 0.420 e. The number of aryl methyl sites for hydroxylation is 1. The highest BCUT2D eigenvalue weighted by Crippen LogP contribution is 2.41. The molecule has 0 saturated heterocycles. The Labute approximate surface area is 105 Å². The third-order valence-electron chi connectivity index (χ3n) is 2.42. The van der Waals surface area contributed by atoms with Crippen molar-refractivity contribution in [3.05, 3.63) is 29.5 Å². The molecule has 1 N–H and O–H groups in total. The van der Waals surface area contributed by atoms with Crippen molar-refractivity contribution < 1.29 is 18.3 Å². The van der Waals surface area contributed by atoms with Gasteiger partial charge < -0.3 is 5.11 Å². The number of nitrogens with zero attached hydrogens (tertiary/aromatic N) is 4. The van der Waals surface area contributed by atoms with Gasteiger partial charge in [-0.3, -0.25) is 0 Å². The molecule has 98 valence electrons. The lowest BCUT2D eigenvalue weighted by Crippen LogP contribution is -2.06. The van der Waals surface area contributed by atoms with Crippen LogP contribution in [0.5, 0.6) is 5.75 Å². The molecule has 0 fully saturated rings. The average molecular weight is 268 g/mol. The second-order valence-corrected chi connectivity index (χ2v) is 3.75. The van der Waals surface area contributed by atoms with Crippen molar-refractivity contribution in [1.82, 2.24) is 15.0 Å². The Balaban J connectivity index is 2.71. The van der Waals surface area contributed by atoms with Gasteiger partial charge in [-0.05, 0) is 12.1 Å². The monoisotopic (exact) mass is 268 g/mol. The molecule has 0 bridgehead atoms. The maximum absolute atomic E-state index is 12.8. The number of phenolic OH excluding ortho intramolecular Hbond substituents is 1. The molecule has 5 nitrogen and oxygen atoms in total. The minimum absolute atomic E-state index is 0.0580. The summed E-state index contributed by atoms with van der Waals surface area (Å²) in [5, 5.41) is 26.0. The highest BCUT2D eigenvalue weighted by Gasteiger charge is 2.36. The molecule has 0 aliphatic rings. The van der Waals surface area contributed by atoms with Crippen molar-refractivity contribution in [3.8, 4) is 23.1 Å². The number of alkyl halides is 3. The molecular weight excluding hydrogens is 261 g/mol. The van der Waals surface area contributed by atoms with E-state index in [2.05, 4.69) is 10.2 Å². The molecular formula is C11H7F3N4O. The summed E-state index contributed by atoms with van der Waals surface area (Å²) in [4.78, 5) is 1.14. The number of hydrogen-bond donors (Lipinski definition) is 1. The van der Waals surface area contributed by atoms with Gasteiger partial charge in [0.15, 0.2) is 0 Å². The van der Waals surface area contributed by atoms with Gasteiger partial charge in [0, 0.05) is 12.6 Å². The van der Waals surface area contributed by atoms with Gasteiger partial charge in [0.05, 0.1) is 23.4 Å². The first-order valence-electron chi connectivity index (χ1n) is 5.04. The van der Waals surface area contributed by atoms with Crippen LogP contribution in [-0.4, -0.2) is 20.1 Å². The van der Waals surface area contributed by atoms with Crippen molar-refractivity contribution >= 4 is 0 Å². The van der Waals surface area contributed by atoms with Crippen molar-refractivity contribution in [2.24, 2.45) is 7.05 Å². The Morgan fingerprint density at radius 1 is 1.37 bits per heavy atom. The van der Waals surface area contributed by atoms with E-state index in [0.29, 0.717) is 6.07 Å². The Kier molecular flexibility index (Phi) is 2.90. The summed E-state index contributed by atoms with van der Waals surface area (Å²) in [7, 11) is 1.49. The highest BCUT2D eigenvalue weighted by atomic mass is 19.4. The number of phenols is 1. The van der Waals surface area contributed by atoms with Crippen LogP contribution in [0.3, 0.4) is 0 Å². The number of hydrogen-bond acceptors (Lipinski definition) is 4. The third kappa shape index (κ3) is 2.35. The van der Waals surface area contributed by atoms with E-state index < -0.39 is 17.5 Å². The van der Waals surface area contributed by atoms with Gasteiger partial charge in [0.2, 0.25) is 0 Å². The zero-order chi connectivity index (χ0) is 14.2. The van der Waals surface area contributed by atoms with Crippen molar-refractivity contribution in [3.63, 3.8) is 0 Å². The highest BCUT2D eigenvalue weighted by molar-refractivity contribution is 5.70. The molecule has 2 aromatic rings. The van der Waals surface area contributed by atoms with Gasteiger partial charge in [-0.2, -0.15) is 33.4 Å². The minimum atomic E-state index is -4.76. The molecule has 2 rings (SSSR count). The lowest BCUT2D eigenvalue weighted by Gasteiger charge is -2.11.